The van der Waals surface area contributed by atoms with Crippen LogP contribution in [0.3, 0.4) is 0 Å². The minimum Gasteiger partial charge on any atom is -0.356 e. The van der Waals surface area contributed by atoms with Gasteiger partial charge in [-0.2, -0.15) is 5.26 Å². The Labute approximate surface area is 130 Å². The molecule has 0 saturated carbocycles. The van der Waals surface area contributed by atoms with Gasteiger partial charge in [0.05, 0.1) is 11.6 Å². The van der Waals surface area contributed by atoms with Crippen molar-refractivity contribution in [3.05, 3.63) is 54.1 Å². The van der Waals surface area contributed by atoms with Gasteiger partial charge in [0.15, 0.2) is 0 Å². The standard InChI is InChI=1S/C17H18N4O/c1-12(2)19-17(22)21-16-9-7-15(8-10-16)20-14-5-3-13(11-18)4-6-14/h3-10,12,20H,1-2H3,(H2,19,21,22). The molecule has 5 nitrogen and oxygen atoms in total. The van der Waals surface area contributed by atoms with Crippen molar-refractivity contribution in [2.45, 2.75) is 19.9 Å². The van der Waals surface area contributed by atoms with E-state index in [4.69, 9.17) is 5.26 Å². The number of hydrogen-bond donors (Lipinski definition) is 3. The van der Waals surface area contributed by atoms with E-state index < -0.39 is 0 Å². The predicted molar refractivity (Wildman–Crippen MR) is 88.2 cm³/mol. The molecule has 0 aliphatic carbocycles. The molecule has 0 heterocycles. The molecule has 0 spiro atoms. The van der Waals surface area contributed by atoms with Crippen LogP contribution in [-0.4, -0.2) is 12.1 Å². The molecule has 5 heteroatoms. The van der Waals surface area contributed by atoms with Crippen molar-refractivity contribution in [3.8, 4) is 6.07 Å². The Morgan fingerprint density at radius 2 is 1.45 bits per heavy atom. The van der Waals surface area contributed by atoms with Crippen LogP contribution in [0.2, 0.25) is 0 Å². The van der Waals surface area contributed by atoms with Gasteiger partial charge in [0.1, 0.15) is 0 Å². The maximum absolute atomic E-state index is 11.6. The van der Waals surface area contributed by atoms with Gasteiger partial charge < -0.3 is 16.0 Å². The van der Waals surface area contributed by atoms with E-state index in [0.29, 0.717) is 5.56 Å². The summed E-state index contributed by atoms with van der Waals surface area (Å²) >= 11 is 0. The summed E-state index contributed by atoms with van der Waals surface area (Å²) in [5.74, 6) is 0. The fourth-order valence-electron chi connectivity index (χ4n) is 1.86. The number of anilines is 3. The second kappa shape index (κ2) is 7.14. The topological polar surface area (TPSA) is 77.0 Å². The summed E-state index contributed by atoms with van der Waals surface area (Å²) < 4.78 is 0. The largest absolute Gasteiger partial charge is 0.356 e. The molecule has 0 radical (unpaired) electrons. The first kappa shape index (κ1) is 15.4. The zero-order valence-corrected chi connectivity index (χ0v) is 12.6. The van der Waals surface area contributed by atoms with Crippen molar-refractivity contribution in [2.75, 3.05) is 10.6 Å². The zero-order chi connectivity index (χ0) is 15.9. The molecule has 0 bridgehead atoms. The molecule has 0 aliphatic rings. The highest BCUT2D eigenvalue weighted by Crippen LogP contribution is 2.19. The quantitative estimate of drug-likeness (QED) is 0.802. The number of amides is 2. The zero-order valence-electron chi connectivity index (χ0n) is 12.6. The van der Waals surface area contributed by atoms with Gasteiger partial charge in [0.25, 0.3) is 0 Å². The molecule has 0 fully saturated rings. The van der Waals surface area contributed by atoms with E-state index in [1.807, 2.05) is 50.2 Å². The summed E-state index contributed by atoms with van der Waals surface area (Å²) in [6.07, 6.45) is 0. The Morgan fingerprint density at radius 3 is 1.95 bits per heavy atom. The number of hydrogen-bond acceptors (Lipinski definition) is 3. The fraction of sp³-hybridized carbons (Fsp3) is 0.176. The average Bonchev–Trinajstić information content (AvgIpc) is 2.49. The Balaban J connectivity index is 1.96. The molecule has 2 aromatic rings. The first-order valence-electron chi connectivity index (χ1n) is 7.01. The third kappa shape index (κ3) is 4.53. The van der Waals surface area contributed by atoms with E-state index in [-0.39, 0.29) is 12.1 Å². The monoisotopic (exact) mass is 294 g/mol. The van der Waals surface area contributed by atoms with Crippen LogP contribution in [0.1, 0.15) is 19.4 Å². The van der Waals surface area contributed by atoms with Crippen LogP contribution in [0.5, 0.6) is 0 Å². The minimum absolute atomic E-state index is 0.0947. The minimum atomic E-state index is -0.220. The molecule has 0 unspecified atom stereocenters. The van der Waals surface area contributed by atoms with Gasteiger partial charge in [-0.3, -0.25) is 0 Å². The SMILES string of the molecule is CC(C)NC(=O)Nc1ccc(Nc2ccc(C#N)cc2)cc1. The highest BCUT2D eigenvalue weighted by molar-refractivity contribution is 5.89. The molecule has 2 aromatic carbocycles. The number of benzene rings is 2. The van der Waals surface area contributed by atoms with Crippen LogP contribution in [0.4, 0.5) is 21.9 Å². The smallest absolute Gasteiger partial charge is 0.319 e. The van der Waals surface area contributed by atoms with Crippen molar-refractivity contribution in [1.82, 2.24) is 5.32 Å². The highest BCUT2D eigenvalue weighted by Gasteiger charge is 2.03. The van der Waals surface area contributed by atoms with Gasteiger partial charge in [-0.1, -0.05) is 0 Å². The van der Waals surface area contributed by atoms with E-state index in [9.17, 15) is 4.79 Å². The van der Waals surface area contributed by atoms with Crippen LogP contribution in [-0.2, 0) is 0 Å². The fourth-order valence-corrected chi connectivity index (χ4v) is 1.86. The summed E-state index contributed by atoms with van der Waals surface area (Å²) in [4.78, 5) is 11.6. The van der Waals surface area contributed by atoms with Gasteiger partial charge >= 0.3 is 6.03 Å². The Bertz CT molecular complexity index is 669. The molecule has 2 amide bonds. The maximum atomic E-state index is 11.6. The molecule has 0 saturated heterocycles. The normalized spacial score (nSPS) is 9.91. The van der Waals surface area contributed by atoms with Gasteiger partial charge in [-0.25, -0.2) is 4.79 Å². The number of rotatable bonds is 4. The molecule has 0 aromatic heterocycles. The van der Waals surface area contributed by atoms with Gasteiger partial charge in [0, 0.05) is 23.1 Å². The average molecular weight is 294 g/mol. The highest BCUT2D eigenvalue weighted by atomic mass is 16.2. The van der Waals surface area contributed by atoms with Crippen LogP contribution >= 0.6 is 0 Å². The number of nitrogens with zero attached hydrogens (tertiary/aromatic N) is 1. The lowest BCUT2D eigenvalue weighted by Gasteiger charge is -2.11. The van der Waals surface area contributed by atoms with Crippen LogP contribution in [0.15, 0.2) is 48.5 Å². The lowest BCUT2D eigenvalue weighted by molar-refractivity contribution is 0.250. The third-order valence-corrected chi connectivity index (χ3v) is 2.87. The van der Waals surface area contributed by atoms with E-state index >= 15 is 0 Å². The Morgan fingerprint density at radius 1 is 0.955 bits per heavy atom. The number of carbonyl (C=O) groups excluding carboxylic acids is 1. The number of urea groups is 1. The van der Waals surface area contributed by atoms with Crippen LogP contribution < -0.4 is 16.0 Å². The maximum Gasteiger partial charge on any atom is 0.319 e. The third-order valence-electron chi connectivity index (χ3n) is 2.87. The molecule has 0 aliphatic heterocycles. The summed E-state index contributed by atoms with van der Waals surface area (Å²) in [5.41, 5.74) is 3.15. The first-order valence-corrected chi connectivity index (χ1v) is 7.01. The van der Waals surface area contributed by atoms with Crippen molar-refractivity contribution >= 4 is 23.1 Å². The summed E-state index contributed by atoms with van der Waals surface area (Å²) in [7, 11) is 0. The number of carbonyl (C=O) groups is 1. The summed E-state index contributed by atoms with van der Waals surface area (Å²) in [5, 5.41) is 17.5. The van der Waals surface area contributed by atoms with E-state index in [2.05, 4.69) is 22.0 Å². The van der Waals surface area contributed by atoms with Gasteiger partial charge in [-0.05, 0) is 62.4 Å². The van der Waals surface area contributed by atoms with Gasteiger partial charge in [0.2, 0.25) is 0 Å². The molecular formula is C17H18N4O. The van der Waals surface area contributed by atoms with E-state index in [1.165, 1.54) is 0 Å². The van der Waals surface area contributed by atoms with Crippen molar-refractivity contribution < 1.29 is 4.79 Å². The molecule has 0 atom stereocenters. The lowest BCUT2D eigenvalue weighted by atomic mass is 10.2. The van der Waals surface area contributed by atoms with Crippen LogP contribution in [0, 0.1) is 11.3 Å². The number of nitriles is 1. The van der Waals surface area contributed by atoms with Crippen LogP contribution in [0.25, 0.3) is 0 Å². The van der Waals surface area contributed by atoms with Crippen molar-refractivity contribution in [3.63, 3.8) is 0 Å². The summed E-state index contributed by atoms with van der Waals surface area (Å²) in [6, 6.07) is 16.6. The molecule has 3 N–H and O–H groups in total. The van der Waals surface area contributed by atoms with E-state index in [0.717, 1.165) is 17.1 Å². The lowest BCUT2D eigenvalue weighted by Crippen LogP contribution is -2.34. The number of nitrogens with one attached hydrogen (secondary N) is 3. The molecule has 22 heavy (non-hydrogen) atoms. The van der Waals surface area contributed by atoms with Gasteiger partial charge in [-0.15, -0.1) is 0 Å². The van der Waals surface area contributed by atoms with Crippen molar-refractivity contribution in [2.24, 2.45) is 0 Å². The Kier molecular flexibility index (Phi) is 4.99. The second-order valence-electron chi connectivity index (χ2n) is 5.14. The molecule has 2 rings (SSSR count). The molecule has 112 valence electrons. The second-order valence-corrected chi connectivity index (χ2v) is 5.14. The Hall–Kier alpha value is -3.00. The molecular weight excluding hydrogens is 276 g/mol. The first-order chi connectivity index (χ1) is 10.6. The summed E-state index contributed by atoms with van der Waals surface area (Å²) in [6.45, 7) is 3.81. The predicted octanol–water partition coefficient (Wildman–Crippen LogP) is 3.83. The van der Waals surface area contributed by atoms with Crippen molar-refractivity contribution in [1.29, 1.82) is 5.26 Å². The van der Waals surface area contributed by atoms with E-state index in [1.54, 1.807) is 12.1 Å².